The first-order valence-electron chi connectivity index (χ1n) is 27.1. The average Bonchev–Trinajstić information content (AvgIpc) is 3.70. The lowest BCUT2D eigenvalue weighted by atomic mass is 9.77. The number of hydrogen-bond donors (Lipinski definition) is 0. The second kappa shape index (κ2) is 37.0. The number of hydrogen-bond acceptors (Lipinski definition) is 10. The Morgan fingerprint density at radius 1 is 0.414 bits per heavy atom. The molecule has 70 heavy (non-hydrogen) atoms. The molecule has 0 aliphatic carbocycles. The van der Waals surface area contributed by atoms with Crippen LogP contribution in [0.2, 0.25) is 0 Å². The van der Waals surface area contributed by atoms with Gasteiger partial charge in [0.05, 0.1) is 6.61 Å². The Hall–Kier alpha value is -4.87. The van der Waals surface area contributed by atoms with E-state index in [4.69, 9.17) is 23.8 Å². The smallest absolute Gasteiger partial charge is 0.350 e. The molecule has 386 valence electrons. The quantitative estimate of drug-likeness (QED) is 0.0177. The largest absolute Gasteiger partial charge is 0.461 e. The van der Waals surface area contributed by atoms with Gasteiger partial charge in [0.1, 0.15) is 20.0 Å². The number of amides is 2. The van der Waals surface area contributed by atoms with Crippen molar-refractivity contribution in [3.05, 3.63) is 108 Å². The van der Waals surface area contributed by atoms with Gasteiger partial charge in [-0.2, -0.15) is 0 Å². The van der Waals surface area contributed by atoms with Crippen molar-refractivity contribution in [1.29, 1.82) is 0 Å². The lowest BCUT2D eigenvalue weighted by Crippen LogP contribution is -2.46. The van der Waals surface area contributed by atoms with E-state index < -0.39 is 29.2 Å². The topological polar surface area (TPSA) is 135 Å². The fourth-order valence-electron chi connectivity index (χ4n) is 9.01. The number of ether oxygens (including phenoxy) is 4. The summed E-state index contributed by atoms with van der Waals surface area (Å²) >= 11 is 0. The van der Waals surface area contributed by atoms with Gasteiger partial charge in [-0.05, 0) is 42.4 Å². The summed E-state index contributed by atoms with van der Waals surface area (Å²) in [6.45, 7) is 2.00. The van der Waals surface area contributed by atoms with Crippen LogP contribution in [0.3, 0.4) is 0 Å². The number of esters is 2. The van der Waals surface area contributed by atoms with Gasteiger partial charge in [0.2, 0.25) is 0 Å². The third-order valence-electron chi connectivity index (χ3n) is 13.3. The van der Waals surface area contributed by atoms with Crippen molar-refractivity contribution in [2.45, 2.75) is 212 Å². The third-order valence-corrected chi connectivity index (χ3v) is 13.3. The minimum atomic E-state index is -1.62. The molecule has 0 spiro atoms. The number of carbonyl (C=O) groups excluding carboxylic acids is 5. The number of nitrogens with zero attached hydrogens (tertiary/aromatic N) is 1. The van der Waals surface area contributed by atoms with Crippen molar-refractivity contribution < 1.29 is 47.8 Å². The molecule has 0 bridgehead atoms. The van der Waals surface area contributed by atoms with Crippen LogP contribution in [0.1, 0.15) is 209 Å². The predicted molar refractivity (Wildman–Crippen MR) is 273 cm³/mol. The Balaban J connectivity index is 1.10. The van der Waals surface area contributed by atoms with E-state index in [2.05, 4.69) is 12.1 Å². The number of rotatable bonds is 42. The first-order chi connectivity index (χ1) is 34.4. The maximum Gasteiger partial charge on any atom is 0.350 e. The number of carbonyl (C=O) groups is 5. The van der Waals surface area contributed by atoms with Crippen LogP contribution in [0.25, 0.3) is 0 Å². The normalized spacial score (nSPS) is 13.3. The molecule has 11 nitrogen and oxygen atoms in total. The van der Waals surface area contributed by atoms with Crippen molar-refractivity contribution in [2.24, 2.45) is 5.41 Å². The number of unbranched alkanes of at least 4 members (excludes halogenated alkanes) is 23. The highest BCUT2D eigenvalue weighted by Crippen LogP contribution is 2.37. The van der Waals surface area contributed by atoms with Gasteiger partial charge in [0, 0.05) is 25.9 Å². The van der Waals surface area contributed by atoms with E-state index in [1.165, 1.54) is 64.2 Å². The summed E-state index contributed by atoms with van der Waals surface area (Å²) in [5, 5.41) is 0.562. The lowest BCUT2D eigenvalue weighted by Gasteiger charge is -2.30. The maximum absolute atomic E-state index is 14.2. The highest BCUT2D eigenvalue weighted by Gasteiger charge is 2.50. The first-order valence-corrected chi connectivity index (χ1v) is 27.1. The molecule has 4 rings (SSSR count). The minimum absolute atomic E-state index is 0.0147. The SMILES string of the molecule is O=C(CCCCCCCCCCCCCCC(CCCCCCCCCCCCCCCOCOCc1ccccc1)(C(=O)OCc1ccccc1)C(=O)ON1C(=O)CCC1=O)OCc1ccccc1. The van der Waals surface area contributed by atoms with Crippen molar-refractivity contribution in [1.82, 2.24) is 5.06 Å². The summed E-state index contributed by atoms with van der Waals surface area (Å²) in [5.41, 5.74) is 1.35. The van der Waals surface area contributed by atoms with Gasteiger partial charge in [-0.25, -0.2) is 4.79 Å². The molecule has 1 aliphatic rings. The van der Waals surface area contributed by atoms with E-state index in [1.807, 2.05) is 78.9 Å². The van der Waals surface area contributed by atoms with Gasteiger partial charge in [0.15, 0.2) is 5.41 Å². The number of hydroxylamine groups is 2. The maximum atomic E-state index is 14.2. The summed E-state index contributed by atoms with van der Waals surface area (Å²) in [5.74, 6) is -2.78. The fraction of sp³-hybridized carbons (Fsp3) is 0.610. The zero-order valence-corrected chi connectivity index (χ0v) is 42.4. The molecular formula is C59H85NO10. The average molecular weight is 968 g/mol. The van der Waals surface area contributed by atoms with Gasteiger partial charge >= 0.3 is 17.9 Å². The highest BCUT2D eigenvalue weighted by atomic mass is 16.7. The Morgan fingerprint density at radius 3 is 1.23 bits per heavy atom. The van der Waals surface area contributed by atoms with Crippen LogP contribution in [-0.2, 0) is 67.6 Å². The van der Waals surface area contributed by atoms with Crippen molar-refractivity contribution in [3.63, 3.8) is 0 Å². The molecule has 1 heterocycles. The molecule has 2 amide bonds. The molecule has 0 aromatic heterocycles. The van der Waals surface area contributed by atoms with Gasteiger partial charge in [-0.3, -0.25) is 19.2 Å². The molecule has 0 radical (unpaired) electrons. The summed E-state index contributed by atoms with van der Waals surface area (Å²) in [4.78, 5) is 71.1. The Morgan fingerprint density at radius 2 is 0.786 bits per heavy atom. The summed E-state index contributed by atoms with van der Waals surface area (Å²) in [6.07, 6.45) is 27.7. The van der Waals surface area contributed by atoms with E-state index >= 15 is 0 Å². The summed E-state index contributed by atoms with van der Waals surface area (Å²) in [7, 11) is 0. The molecule has 0 saturated carbocycles. The van der Waals surface area contributed by atoms with Crippen LogP contribution < -0.4 is 0 Å². The Labute approximate surface area is 420 Å². The molecule has 1 saturated heterocycles. The molecule has 1 atom stereocenters. The molecule has 3 aromatic rings. The minimum Gasteiger partial charge on any atom is -0.461 e. The second-order valence-corrected chi connectivity index (χ2v) is 19.2. The highest BCUT2D eigenvalue weighted by molar-refractivity contribution is 6.04. The third kappa shape index (κ3) is 24.8. The molecule has 11 heteroatoms. The predicted octanol–water partition coefficient (Wildman–Crippen LogP) is 14.2. The molecule has 1 unspecified atom stereocenters. The van der Waals surface area contributed by atoms with E-state index in [0.717, 1.165) is 107 Å². The first kappa shape index (κ1) is 57.7. The van der Waals surface area contributed by atoms with E-state index in [-0.39, 0.29) is 38.3 Å². The van der Waals surface area contributed by atoms with E-state index in [0.29, 0.717) is 44.3 Å². The lowest BCUT2D eigenvalue weighted by molar-refractivity contribution is -0.210. The van der Waals surface area contributed by atoms with Crippen LogP contribution >= 0.6 is 0 Å². The Kier molecular flexibility index (Phi) is 30.5. The monoisotopic (exact) mass is 968 g/mol. The molecule has 1 aliphatic heterocycles. The zero-order chi connectivity index (χ0) is 49.6. The van der Waals surface area contributed by atoms with Crippen LogP contribution in [0.15, 0.2) is 91.0 Å². The van der Waals surface area contributed by atoms with Crippen LogP contribution in [0.5, 0.6) is 0 Å². The van der Waals surface area contributed by atoms with Gasteiger partial charge in [0.25, 0.3) is 11.8 Å². The standard InChI is InChI=1S/C59H85NO10/c61-54-42-43-55(62)60(54)70-58(65)59(57(64)69-49-53-39-29-24-30-40-53,45-33-20-16-12-8-4-2-6-10-14-18-31-41-56(63)68-48-52-37-27-23-28-38-52)44-32-19-15-11-7-3-1-5-9-13-17-21-34-46-66-50-67-47-51-35-25-22-26-36-51/h22-30,35-40H,1-21,31-34,41-50H2. The zero-order valence-electron chi connectivity index (χ0n) is 42.4. The molecular weight excluding hydrogens is 883 g/mol. The second-order valence-electron chi connectivity index (χ2n) is 19.2. The molecule has 3 aromatic carbocycles. The summed E-state index contributed by atoms with van der Waals surface area (Å²) < 4.78 is 22.5. The van der Waals surface area contributed by atoms with Crippen molar-refractivity contribution in [3.8, 4) is 0 Å². The molecule has 1 fully saturated rings. The van der Waals surface area contributed by atoms with Crippen LogP contribution in [0, 0.1) is 5.41 Å². The summed E-state index contributed by atoms with van der Waals surface area (Å²) in [6, 6.07) is 29.3. The fourth-order valence-corrected chi connectivity index (χ4v) is 9.01. The van der Waals surface area contributed by atoms with Crippen LogP contribution in [0.4, 0.5) is 0 Å². The van der Waals surface area contributed by atoms with Gasteiger partial charge in [-0.15, -0.1) is 5.06 Å². The van der Waals surface area contributed by atoms with Gasteiger partial charge < -0.3 is 23.8 Å². The Bertz CT molecular complexity index is 1840. The van der Waals surface area contributed by atoms with Crippen molar-refractivity contribution in [2.75, 3.05) is 13.4 Å². The van der Waals surface area contributed by atoms with Crippen molar-refractivity contribution >= 4 is 29.7 Å². The van der Waals surface area contributed by atoms with E-state index in [1.54, 1.807) is 0 Å². The molecule has 0 N–H and O–H groups in total. The van der Waals surface area contributed by atoms with Crippen LogP contribution in [-0.4, -0.2) is 48.2 Å². The van der Waals surface area contributed by atoms with E-state index in [9.17, 15) is 24.0 Å². The number of imide groups is 1. The number of benzene rings is 3. The van der Waals surface area contributed by atoms with Gasteiger partial charge in [-0.1, -0.05) is 239 Å².